The van der Waals surface area contributed by atoms with Crippen LogP contribution >= 0.6 is 0 Å². The van der Waals surface area contributed by atoms with Gasteiger partial charge in [0.2, 0.25) is 0 Å². The summed E-state index contributed by atoms with van der Waals surface area (Å²) in [5.41, 5.74) is 0.438. The van der Waals surface area contributed by atoms with Crippen LogP contribution in [0.2, 0.25) is 0 Å². The summed E-state index contributed by atoms with van der Waals surface area (Å²) in [5, 5.41) is 5.60. The second kappa shape index (κ2) is 6.03. The van der Waals surface area contributed by atoms with Crippen LogP contribution in [0, 0.1) is 22.2 Å². The highest BCUT2D eigenvalue weighted by molar-refractivity contribution is 5.90. The van der Waals surface area contributed by atoms with Gasteiger partial charge in [0.05, 0.1) is 0 Å². The van der Waals surface area contributed by atoms with Gasteiger partial charge in [-0.25, -0.2) is 4.79 Å². The maximum atomic E-state index is 12.9. The van der Waals surface area contributed by atoms with E-state index in [1.165, 1.54) is 19.3 Å². The van der Waals surface area contributed by atoms with Gasteiger partial charge in [0.15, 0.2) is 6.17 Å². The molecule has 0 aromatic carbocycles. The SMILES string of the molecule is CC12CC3CC(C)(C1)CC(C1=NN(OC(=O)C(F)(F)F)C4CCCCCN14)(C3)C2. The molecule has 3 unspecified atom stereocenters. The number of hydrogen-bond donors (Lipinski definition) is 0. The number of halogens is 3. The van der Waals surface area contributed by atoms with Gasteiger partial charge in [-0.1, -0.05) is 25.4 Å². The molecule has 3 atom stereocenters. The molecule has 5 fully saturated rings. The highest BCUT2D eigenvalue weighted by atomic mass is 19.4. The standard InChI is InChI=1S/C21H30F3N3O2/c1-18-8-14-9-19(2,11-18)13-20(10-14,12-18)16-25-27(29-17(28)21(22,23)24)15-6-4-3-5-7-26(15)16/h14-15H,3-13H2,1-2H3. The Labute approximate surface area is 169 Å². The Kier molecular flexibility index (Phi) is 4.06. The molecule has 0 aromatic heterocycles. The Morgan fingerprint density at radius 2 is 1.76 bits per heavy atom. The fourth-order valence-corrected chi connectivity index (χ4v) is 8.11. The van der Waals surface area contributed by atoms with E-state index in [1.54, 1.807) is 0 Å². The summed E-state index contributed by atoms with van der Waals surface area (Å²) in [5.74, 6) is -0.641. The zero-order valence-electron chi connectivity index (χ0n) is 17.2. The van der Waals surface area contributed by atoms with Gasteiger partial charge in [0.1, 0.15) is 5.84 Å². The number of rotatable bonds is 2. The van der Waals surface area contributed by atoms with Crippen LogP contribution in [-0.4, -0.2) is 40.8 Å². The van der Waals surface area contributed by atoms with Crippen LogP contribution in [0.4, 0.5) is 13.2 Å². The molecule has 0 amide bonds. The number of hydrogen-bond acceptors (Lipinski definition) is 5. The van der Waals surface area contributed by atoms with E-state index >= 15 is 0 Å². The number of amidine groups is 1. The van der Waals surface area contributed by atoms with Gasteiger partial charge in [0, 0.05) is 12.0 Å². The lowest BCUT2D eigenvalue weighted by molar-refractivity contribution is -0.250. The van der Waals surface area contributed by atoms with Crippen molar-refractivity contribution in [2.75, 3.05) is 6.54 Å². The quantitative estimate of drug-likeness (QED) is 0.650. The number of hydrazone groups is 1. The molecule has 1 saturated heterocycles. The summed E-state index contributed by atoms with van der Waals surface area (Å²) in [4.78, 5) is 18.5. The molecule has 0 spiro atoms. The van der Waals surface area contributed by atoms with Gasteiger partial charge in [-0.05, 0) is 74.5 Å². The lowest BCUT2D eigenvalue weighted by atomic mass is 9.40. The van der Waals surface area contributed by atoms with Crippen LogP contribution in [-0.2, 0) is 9.63 Å². The first kappa shape index (κ1) is 19.5. The molecule has 6 rings (SSSR count). The van der Waals surface area contributed by atoms with Crippen LogP contribution in [0.25, 0.3) is 0 Å². The third-order valence-electron chi connectivity index (χ3n) is 7.95. The number of nitrogens with zero attached hydrogens (tertiary/aromatic N) is 3. The third-order valence-corrected chi connectivity index (χ3v) is 7.95. The Morgan fingerprint density at radius 3 is 2.38 bits per heavy atom. The molecule has 0 radical (unpaired) electrons. The summed E-state index contributed by atoms with van der Waals surface area (Å²) >= 11 is 0. The maximum absolute atomic E-state index is 12.9. The van der Waals surface area contributed by atoms with Gasteiger partial charge < -0.3 is 9.74 Å². The molecule has 6 aliphatic rings. The molecule has 0 aromatic rings. The van der Waals surface area contributed by atoms with Crippen molar-refractivity contribution in [2.24, 2.45) is 27.3 Å². The minimum Gasteiger partial charge on any atom is -0.333 e. The summed E-state index contributed by atoms with van der Waals surface area (Å²) in [6.07, 6.45) is 5.00. The highest BCUT2D eigenvalue weighted by Crippen LogP contribution is 2.70. The Hall–Kier alpha value is -1.47. The van der Waals surface area contributed by atoms with Crippen molar-refractivity contribution in [1.29, 1.82) is 0 Å². The second-order valence-corrected chi connectivity index (χ2v) is 11.0. The summed E-state index contributed by atoms with van der Waals surface area (Å²) in [6.45, 7) is 5.52. The lowest BCUT2D eigenvalue weighted by Crippen LogP contribution is -2.60. The average Bonchev–Trinajstić information content (AvgIpc) is 2.73. The van der Waals surface area contributed by atoms with Crippen LogP contribution in [0.3, 0.4) is 0 Å². The molecule has 2 aliphatic heterocycles. The van der Waals surface area contributed by atoms with E-state index in [1.807, 2.05) is 0 Å². The summed E-state index contributed by atoms with van der Waals surface area (Å²) in [6, 6.07) is 0. The molecule has 5 nitrogen and oxygen atoms in total. The van der Waals surface area contributed by atoms with Crippen molar-refractivity contribution in [3.63, 3.8) is 0 Å². The van der Waals surface area contributed by atoms with E-state index in [0.29, 0.717) is 12.3 Å². The smallest absolute Gasteiger partial charge is 0.333 e. The largest absolute Gasteiger partial charge is 0.493 e. The molecular formula is C21H30F3N3O2. The van der Waals surface area contributed by atoms with Crippen molar-refractivity contribution >= 4 is 11.8 Å². The highest BCUT2D eigenvalue weighted by Gasteiger charge is 2.64. The summed E-state index contributed by atoms with van der Waals surface area (Å²) < 4.78 is 38.6. The maximum Gasteiger partial charge on any atom is 0.493 e. The Balaban J connectivity index is 1.51. The number of alkyl halides is 3. The first-order chi connectivity index (χ1) is 13.5. The predicted octanol–water partition coefficient (Wildman–Crippen LogP) is 4.83. The first-order valence-electron chi connectivity index (χ1n) is 11.0. The Morgan fingerprint density at radius 1 is 1.07 bits per heavy atom. The van der Waals surface area contributed by atoms with Gasteiger partial charge >= 0.3 is 12.1 Å². The molecule has 0 N–H and O–H groups in total. The van der Waals surface area contributed by atoms with E-state index in [-0.39, 0.29) is 16.2 Å². The monoisotopic (exact) mass is 413 g/mol. The number of carbonyl (C=O) groups excluding carboxylic acids is 1. The predicted molar refractivity (Wildman–Crippen MR) is 100 cm³/mol. The fourth-order valence-electron chi connectivity index (χ4n) is 8.11. The minimum absolute atomic E-state index is 0.106. The van der Waals surface area contributed by atoms with Crippen molar-refractivity contribution in [3.8, 4) is 0 Å². The Bertz CT molecular complexity index is 734. The van der Waals surface area contributed by atoms with Gasteiger partial charge in [-0.15, -0.1) is 5.10 Å². The first-order valence-corrected chi connectivity index (χ1v) is 11.0. The second-order valence-electron chi connectivity index (χ2n) is 11.0. The molecule has 162 valence electrons. The fraction of sp³-hybridized carbons (Fsp3) is 0.905. The summed E-state index contributed by atoms with van der Waals surface area (Å²) in [7, 11) is 0. The normalized spacial score (nSPS) is 43.8. The number of hydroxylamine groups is 1. The van der Waals surface area contributed by atoms with Crippen molar-refractivity contribution in [1.82, 2.24) is 10.1 Å². The van der Waals surface area contributed by atoms with E-state index in [9.17, 15) is 18.0 Å². The van der Waals surface area contributed by atoms with Crippen molar-refractivity contribution in [2.45, 2.75) is 90.4 Å². The molecule has 8 heteroatoms. The van der Waals surface area contributed by atoms with Crippen LogP contribution in [0.5, 0.6) is 0 Å². The van der Waals surface area contributed by atoms with E-state index < -0.39 is 18.3 Å². The minimum atomic E-state index is -5.02. The molecular weight excluding hydrogens is 383 g/mol. The number of carbonyl (C=O) groups is 1. The van der Waals surface area contributed by atoms with Crippen LogP contribution in [0.15, 0.2) is 5.10 Å². The molecule has 4 bridgehead atoms. The van der Waals surface area contributed by atoms with Gasteiger partial charge in [0.25, 0.3) is 0 Å². The van der Waals surface area contributed by atoms with Gasteiger partial charge in [-0.2, -0.15) is 13.2 Å². The molecule has 2 heterocycles. The zero-order chi connectivity index (χ0) is 20.7. The van der Waals surface area contributed by atoms with E-state index in [4.69, 9.17) is 4.84 Å². The number of fused-ring (bicyclic) bond motifs is 1. The van der Waals surface area contributed by atoms with Crippen molar-refractivity contribution in [3.05, 3.63) is 0 Å². The molecule has 4 aliphatic carbocycles. The lowest BCUT2D eigenvalue weighted by Gasteiger charge is -2.65. The van der Waals surface area contributed by atoms with Gasteiger partial charge in [-0.3, -0.25) is 0 Å². The zero-order valence-corrected chi connectivity index (χ0v) is 17.2. The third kappa shape index (κ3) is 3.12. The van der Waals surface area contributed by atoms with Crippen molar-refractivity contribution < 1.29 is 22.8 Å². The van der Waals surface area contributed by atoms with Crippen LogP contribution < -0.4 is 0 Å². The van der Waals surface area contributed by atoms with E-state index in [0.717, 1.165) is 56.1 Å². The molecule has 4 saturated carbocycles. The van der Waals surface area contributed by atoms with Crippen LogP contribution in [0.1, 0.15) is 78.1 Å². The topological polar surface area (TPSA) is 45.1 Å². The average molecular weight is 413 g/mol. The van der Waals surface area contributed by atoms with E-state index in [2.05, 4.69) is 23.8 Å². The molecule has 29 heavy (non-hydrogen) atoms.